The molecule has 2 atom stereocenters. The van der Waals surface area contributed by atoms with Crippen molar-refractivity contribution in [3.8, 4) is 0 Å². The number of piperidine rings is 1. The van der Waals surface area contributed by atoms with Crippen LogP contribution < -0.4 is 0 Å². The van der Waals surface area contributed by atoms with Gasteiger partial charge in [0.15, 0.2) is 21.3 Å². The molecule has 27 heavy (non-hydrogen) atoms. The van der Waals surface area contributed by atoms with Crippen molar-refractivity contribution in [3.63, 3.8) is 0 Å². The summed E-state index contributed by atoms with van der Waals surface area (Å²) in [6, 6.07) is 7.63. The van der Waals surface area contributed by atoms with Crippen LogP contribution in [0.3, 0.4) is 0 Å². The average molecular weight is 391 g/mol. The van der Waals surface area contributed by atoms with Crippen LogP contribution in [-0.2, 0) is 14.6 Å². The Morgan fingerprint density at radius 3 is 2.89 bits per heavy atom. The lowest BCUT2D eigenvalue weighted by Crippen LogP contribution is -2.46. The van der Waals surface area contributed by atoms with Crippen molar-refractivity contribution in [3.05, 3.63) is 30.2 Å². The second kappa shape index (κ2) is 7.24. The summed E-state index contributed by atoms with van der Waals surface area (Å²) in [6.45, 7) is 1.58. The molecule has 0 radical (unpaired) electrons. The van der Waals surface area contributed by atoms with Gasteiger partial charge < -0.3 is 9.32 Å². The van der Waals surface area contributed by atoms with Crippen molar-refractivity contribution < 1.29 is 17.6 Å². The highest BCUT2D eigenvalue weighted by Crippen LogP contribution is 2.29. The number of oxazole rings is 1. The molecule has 2 aliphatic rings. The maximum atomic E-state index is 12.8. The average Bonchev–Trinajstić information content (AvgIpc) is 3.24. The molecule has 2 saturated heterocycles. The first-order valence-corrected chi connectivity index (χ1v) is 11.3. The minimum Gasteiger partial charge on any atom is -0.440 e. The Morgan fingerprint density at radius 2 is 2.15 bits per heavy atom. The van der Waals surface area contributed by atoms with Gasteiger partial charge in [0.25, 0.3) is 0 Å². The van der Waals surface area contributed by atoms with Crippen molar-refractivity contribution >= 4 is 26.8 Å². The molecule has 0 spiro atoms. The molecule has 146 valence electrons. The number of hydrogen-bond donors (Lipinski definition) is 0. The highest BCUT2D eigenvalue weighted by atomic mass is 32.2. The summed E-state index contributed by atoms with van der Waals surface area (Å²) < 4.78 is 29.2. The minimum atomic E-state index is -2.95. The first-order chi connectivity index (χ1) is 12.9. The summed E-state index contributed by atoms with van der Waals surface area (Å²) in [5.41, 5.74) is 1.62. The van der Waals surface area contributed by atoms with Crippen molar-refractivity contribution in [1.82, 2.24) is 14.8 Å². The zero-order chi connectivity index (χ0) is 19.0. The first-order valence-electron chi connectivity index (χ1n) is 9.45. The van der Waals surface area contributed by atoms with E-state index in [-0.39, 0.29) is 35.9 Å². The van der Waals surface area contributed by atoms with E-state index in [1.54, 1.807) is 0 Å². The van der Waals surface area contributed by atoms with E-state index in [1.165, 1.54) is 0 Å². The number of carbonyl (C=O) groups excluding carboxylic acids is 1. The van der Waals surface area contributed by atoms with Crippen LogP contribution in [0.1, 0.15) is 31.1 Å². The Hall–Kier alpha value is -1.93. The van der Waals surface area contributed by atoms with Gasteiger partial charge in [0.05, 0.1) is 24.0 Å². The monoisotopic (exact) mass is 391 g/mol. The number of rotatable bonds is 4. The smallest absolute Gasteiger partial charge is 0.236 e. The quantitative estimate of drug-likeness (QED) is 0.788. The minimum absolute atomic E-state index is 0.0441. The van der Waals surface area contributed by atoms with Gasteiger partial charge in [-0.25, -0.2) is 13.4 Å². The number of para-hydroxylation sites is 2. The standard InChI is InChI=1S/C19H25N3O4S/c1-21(15-8-10-27(24,25)13-15)12-18(23)22-9-4-5-14(11-22)19-20-16-6-2-3-7-17(16)26-19/h2-3,6-7,14-15H,4-5,8-13H2,1H3. The SMILES string of the molecule is CN(CC(=O)N1CCCC(c2nc3ccccc3o2)C1)C1CCS(=O)(=O)C1. The van der Waals surface area contributed by atoms with Crippen molar-refractivity contribution in [2.24, 2.45) is 0 Å². The lowest BCUT2D eigenvalue weighted by Gasteiger charge is -2.33. The summed E-state index contributed by atoms with van der Waals surface area (Å²) in [5, 5.41) is 0. The van der Waals surface area contributed by atoms with Crippen LogP contribution in [0.2, 0.25) is 0 Å². The third-order valence-electron chi connectivity index (χ3n) is 5.65. The highest BCUT2D eigenvalue weighted by molar-refractivity contribution is 7.91. The predicted molar refractivity (Wildman–Crippen MR) is 102 cm³/mol. The van der Waals surface area contributed by atoms with E-state index < -0.39 is 9.84 Å². The van der Waals surface area contributed by atoms with Gasteiger partial charge in [-0.3, -0.25) is 9.69 Å². The Balaban J connectivity index is 1.39. The summed E-state index contributed by atoms with van der Waals surface area (Å²) in [4.78, 5) is 21.1. The van der Waals surface area contributed by atoms with Crippen LogP contribution >= 0.6 is 0 Å². The third-order valence-corrected chi connectivity index (χ3v) is 7.40. The fourth-order valence-electron chi connectivity index (χ4n) is 4.04. The van der Waals surface area contributed by atoms with Crippen LogP contribution in [0.25, 0.3) is 11.1 Å². The number of amides is 1. The molecule has 8 heteroatoms. The molecule has 0 saturated carbocycles. The number of aromatic nitrogens is 1. The Morgan fingerprint density at radius 1 is 1.33 bits per heavy atom. The van der Waals surface area contributed by atoms with Crippen LogP contribution in [0.4, 0.5) is 0 Å². The largest absolute Gasteiger partial charge is 0.440 e. The lowest BCUT2D eigenvalue weighted by molar-refractivity contribution is -0.133. The number of carbonyl (C=O) groups is 1. The van der Waals surface area contributed by atoms with Gasteiger partial charge in [-0.15, -0.1) is 0 Å². The van der Waals surface area contributed by atoms with Gasteiger partial charge in [0, 0.05) is 19.1 Å². The van der Waals surface area contributed by atoms with E-state index >= 15 is 0 Å². The molecule has 1 aromatic heterocycles. The van der Waals surface area contributed by atoms with Gasteiger partial charge in [-0.05, 0) is 38.4 Å². The molecule has 0 aliphatic carbocycles. The van der Waals surface area contributed by atoms with Gasteiger partial charge in [-0.1, -0.05) is 12.1 Å². The number of likely N-dealkylation sites (N-methyl/N-ethyl adjacent to an activating group) is 1. The Bertz CT molecular complexity index is 906. The number of likely N-dealkylation sites (tertiary alicyclic amines) is 1. The zero-order valence-electron chi connectivity index (χ0n) is 15.5. The predicted octanol–water partition coefficient (Wildman–Crippen LogP) is 1.65. The fraction of sp³-hybridized carbons (Fsp3) is 0.579. The number of nitrogens with zero attached hydrogens (tertiary/aromatic N) is 3. The molecule has 7 nitrogen and oxygen atoms in total. The molecule has 4 rings (SSSR count). The molecule has 0 bridgehead atoms. The highest BCUT2D eigenvalue weighted by Gasteiger charge is 2.33. The molecule has 2 aromatic rings. The fourth-order valence-corrected chi connectivity index (χ4v) is 5.84. The van der Waals surface area contributed by atoms with Crippen molar-refractivity contribution in [1.29, 1.82) is 0 Å². The van der Waals surface area contributed by atoms with E-state index in [1.807, 2.05) is 41.1 Å². The maximum Gasteiger partial charge on any atom is 0.236 e. The molecule has 3 heterocycles. The summed E-state index contributed by atoms with van der Waals surface area (Å²) >= 11 is 0. The third kappa shape index (κ3) is 4.01. The summed E-state index contributed by atoms with van der Waals surface area (Å²) in [5.74, 6) is 1.22. The van der Waals surface area contributed by atoms with Crippen LogP contribution in [-0.4, -0.2) is 73.3 Å². The van der Waals surface area contributed by atoms with E-state index in [9.17, 15) is 13.2 Å². The first kappa shape index (κ1) is 18.4. The molecular weight excluding hydrogens is 366 g/mol. The van der Waals surface area contributed by atoms with Crippen LogP contribution in [0.5, 0.6) is 0 Å². The number of fused-ring (bicyclic) bond motifs is 1. The van der Waals surface area contributed by atoms with Crippen LogP contribution in [0.15, 0.2) is 28.7 Å². The molecule has 1 aromatic carbocycles. The second-order valence-corrected chi connectivity index (χ2v) is 9.90. The van der Waals surface area contributed by atoms with Crippen molar-refractivity contribution in [2.45, 2.75) is 31.2 Å². The van der Waals surface area contributed by atoms with E-state index in [4.69, 9.17) is 4.42 Å². The van der Waals surface area contributed by atoms with Gasteiger partial charge in [0.1, 0.15) is 5.52 Å². The summed E-state index contributed by atoms with van der Waals surface area (Å²) in [6.07, 6.45) is 2.47. The van der Waals surface area contributed by atoms with Gasteiger partial charge >= 0.3 is 0 Å². The molecule has 1 amide bonds. The molecule has 2 fully saturated rings. The van der Waals surface area contributed by atoms with Gasteiger partial charge in [0.2, 0.25) is 5.91 Å². The van der Waals surface area contributed by atoms with E-state index in [0.29, 0.717) is 18.9 Å². The number of hydrogen-bond acceptors (Lipinski definition) is 6. The molecule has 2 aliphatic heterocycles. The van der Waals surface area contributed by atoms with E-state index in [0.717, 1.165) is 30.5 Å². The van der Waals surface area contributed by atoms with Crippen molar-refractivity contribution in [2.75, 3.05) is 38.2 Å². The molecular formula is C19H25N3O4S. The normalized spacial score (nSPS) is 25.3. The van der Waals surface area contributed by atoms with Crippen LogP contribution in [0, 0.1) is 0 Å². The topological polar surface area (TPSA) is 83.7 Å². The molecule has 2 unspecified atom stereocenters. The Kier molecular flexibility index (Phi) is 4.94. The zero-order valence-corrected chi connectivity index (χ0v) is 16.3. The van der Waals surface area contributed by atoms with Gasteiger partial charge in [-0.2, -0.15) is 0 Å². The molecule has 0 N–H and O–H groups in total. The number of benzene rings is 1. The Labute approximate surface area is 159 Å². The summed E-state index contributed by atoms with van der Waals surface area (Å²) in [7, 11) is -1.11. The number of sulfone groups is 1. The second-order valence-electron chi connectivity index (χ2n) is 7.67. The maximum absolute atomic E-state index is 12.8. The van der Waals surface area contributed by atoms with E-state index in [2.05, 4.69) is 4.98 Å². The lowest BCUT2D eigenvalue weighted by atomic mass is 9.98.